The molecule has 1 saturated carbocycles. The number of rotatable bonds is 6. The van der Waals surface area contributed by atoms with Crippen LogP contribution in [0.2, 0.25) is 0 Å². The summed E-state index contributed by atoms with van der Waals surface area (Å²) in [6.07, 6.45) is 5.33. The third-order valence-corrected chi connectivity index (χ3v) is 9.46. The maximum Gasteiger partial charge on any atom is 0.352 e. The molecule has 0 spiro atoms. The molecule has 0 aromatic heterocycles. The van der Waals surface area contributed by atoms with Gasteiger partial charge in [0.2, 0.25) is 0 Å². The molecular formula is C25H33NO5S. The number of carboxylic acids is 1. The number of aliphatic carboxylic acids is 1. The summed E-state index contributed by atoms with van der Waals surface area (Å²) >= 11 is 1.53. The van der Waals surface area contributed by atoms with Crippen LogP contribution < -0.4 is 10.1 Å². The zero-order chi connectivity index (χ0) is 22.5. The molecule has 6 nitrogen and oxygen atoms in total. The van der Waals surface area contributed by atoms with Crippen LogP contribution in [-0.2, 0) is 22.4 Å². The van der Waals surface area contributed by atoms with Gasteiger partial charge in [-0.25, -0.2) is 4.79 Å². The second-order valence-electron chi connectivity index (χ2n) is 9.99. The van der Waals surface area contributed by atoms with Gasteiger partial charge >= 0.3 is 5.97 Å². The van der Waals surface area contributed by atoms with Crippen molar-refractivity contribution in [1.29, 1.82) is 0 Å². The van der Waals surface area contributed by atoms with Gasteiger partial charge in [-0.05, 0) is 67.2 Å². The second-order valence-corrected chi connectivity index (χ2v) is 11.1. The first-order chi connectivity index (χ1) is 15.4. The summed E-state index contributed by atoms with van der Waals surface area (Å²) in [6, 6.07) is 6.40. The lowest BCUT2D eigenvalue weighted by molar-refractivity contribution is -0.134. The molecule has 4 aliphatic rings. The lowest BCUT2D eigenvalue weighted by Gasteiger charge is -2.46. The number of nitrogens with one attached hydrogen (secondary N) is 1. The SMILES string of the molecule is CC(C)C1([C@H]2CC[C@@H]3[C@@H](COc4ccc5c(c4)CCC5)[C@H](O)C[C@@H]3O2)NC(C(=O)O)=CS1. The highest BCUT2D eigenvalue weighted by Gasteiger charge is 2.54. The van der Waals surface area contributed by atoms with Crippen LogP contribution >= 0.6 is 11.8 Å². The highest BCUT2D eigenvalue weighted by atomic mass is 32.2. The lowest BCUT2D eigenvalue weighted by Crippen LogP contribution is -2.57. The molecule has 2 aliphatic carbocycles. The third-order valence-electron chi connectivity index (χ3n) is 7.88. The maximum atomic E-state index is 11.5. The predicted octanol–water partition coefficient (Wildman–Crippen LogP) is 3.71. The van der Waals surface area contributed by atoms with E-state index in [9.17, 15) is 15.0 Å². The van der Waals surface area contributed by atoms with Crippen LogP contribution in [-0.4, -0.2) is 46.0 Å². The van der Waals surface area contributed by atoms with Crippen LogP contribution in [0.15, 0.2) is 29.3 Å². The van der Waals surface area contributed by atoms with Crippen molar-refractivity contribution >= 4 is 17.7 Å². The average Bonchev–Trinajstić information content (AvgIpc) is 3.48. The Bertz CT molecular complexity index is 918. The summed E-state index contributed by atoms with van der Waals surface area (Å²) in [5.41, 5.74) is 3.07. The first kappa shape index (κ1) is 22.1. The van der Waals surface area contributed by atoms with E-state index in [4.69, 9.17) is 9.47 Å². The molecule has 7 heteroatoms. The molecule has 3 N–H and O–H groups in total. The number of ether oxygens (including phenoxy) is 2. The van der Waals surface area contributed by atoms with Crippen molar-refractivity contribution in [1.82, 2.24) is 5.32 Å². The molecule has 0 bridgehead atoms. The fourth-order valence-electron chi connectivity index (χ4n) is 6.05. The zero-order valence-electron chi connectivity index (χ0n) is 18.8. The van der Waals surface area contributed by atoms with E-state index in [0.29, 0.717) is 13.0 Å². The van der Waals surface area contributed by atoms with Crippen molar-refractivity contribution in [2.45, 2.75) is 75.6 Å². The molecule has 2 fully saturated rings. The molecule has 0 radical (unpaired) electrons. The van der Waals surface area contributed by atoms with Gasteiger partial charge in [-0.3, -0.25) is 0 Å². The number of aliphatic hydroxyl groups excluding tert-OH is 1. The quantitative estimate of drug-likeness (QED) is 0.598. The minimum atomic E-state index is -0.936. The Morgan fingerprint density at radius 1 is 1.31 bits per heavy atom. The molecule has 32 heavy (non-hydrogen) atoms. The third kappa shape index (κ3) is 3.82. The molecule has 2 aliphatic heterocycles. The van der Waals surface area contributed by atoms with Gasteiger partial charge in [-0.15, -0.1) is 11.8 Å². The van der Waals surface area contributed by atoms with E-state index in [2.05, 4.69) is 37.4 Å². The molecule has 1 unspecified atom stereocenters. The van der Waals surface area contributed by atoms with Gasteiger partial charge in [0.05, 0.1) is 24.9 Å². The van der Waals surface area contributed by atoms with E-state index in [1.807, 2.05) is 0 Å². The van der Waals surface area contributed by atoms with Crippen molar-refractivity contribution < 1.29 is 24.5 Å². The number of hydrogen-bond acceptors (Lipinski definition) is 6. The van der Waals surface area contributed by atoms with Gasteiger partial charge < -0.3 is 25.0 Å². The number of carbonyl (C=O) groups is 1. The van der Waals surface area contributed by atoms with Gasteiger partial charge in [0.1, 0.15) is 16.3 Å². The van der Waals surface area contributed by atoms with Gasteiger partial charge in [0.25, 0.3) is 0 Å². The smallest absolute Gasteiger partial charge is 0.352 e. The Labute approximate surface area is 193 Å². The number of thioether (sulfide) groups is 1. The number of aryl methyl sites for hydroxylation is 2. The highest BCUT2D eigenvalue weighted by Crippen LogP contribution is 2.49. The van der Waals surface area contributed by atoms with Crippen molar-refractivity contribution in [3.05, 3.63) is 40.4 Å². The van der Waals surface area contributed by atoms with Crippen LogP contribution in [0.1, 0.15) is 50.7 Å². The second kappa shape index (κ2) is 8.58. The summed E-state index contributed by atoms with van der Waals surface area (Å²) in [5, 5.41) is 25.2. The summed E-state index contributed by atoms with van der Waals surface area (Å²) in [4.78, 5) is 11.0. The van der Waals surface area contributed by atoms with Gasteiger partial charge in [-0.1, -0.05) is 19.9 Å². The summed E-state index contributed by atoms with van der Waals surface area (Å²) in [5.74, 6) is 0.467. The molecule has 6 atom stereocenters. The van der Waals surface area contributed by atoms with Crippen LogP contribution in [0.3, 0.4) is 0 Å². The number of fused-ring (bicyclic) bond motifs is 2. The zero-order valence-corrected chi connectivity index (χ0v) is 19.6. The van der Waals surface area contributed by atoms with Gasteiger partial charge in [0, 0.05) is 17.7 Å². The van der Waals surface area contributed by atoms with Crippen LogP contribution in [0, 0.1) is 17.8 Å². The number of carboxylic acid groups (broad SMARTS) is 1. The van der Waals surface area contributed by atoms with Crippen LogP contribution in [0.5, 0.6) is 5.75 Å². The first-order valence-electron chi connectivity index (χ1n) is 11.8. The Balaban J connectivity index is 1.24. The van der Waals surface area contributed by atoms with Crippen molar-refractivity contribution in [2.24, 2.45) is 17.8 Å². The Morgan fingerprint density at radius 2 is 2.12 bits per heavy atom. The molecule has 5 rings (SSSR count). The van der Waals surface area contributed by atoms with Crippen molar-refractivity contribution in [3.63, 3.8) is 0 Å². The largest absolute Gasteiger partial charge is 0.493 e. The topological polar surface area (TPSA) is 88.0 Å². The molecule has 1 saturated heterocycles. The normalized spacial score (nSPS) is 35.9. The standard InChI is InChI=1S/C25H33NO5S/c1-14(2)25(26-20(13-32-25)24(28)29)23-9-8-18-19(21(27)11-22(18)31-23)12-30-17-7-6-15-4-3-5-16(15)10-17/h6-7,10,13-14,18-19,21-23,26-27H,3-5,8-9,11-12H2,1-2H3,(H,28,29)/t18-,19-,21-,22+,23-,25?/m1/s1. The Kier molecular flexibility index (Phi) is 5.93. The van der Waals surface area contributed by atoms with E-state index < -0.39 is 16.9 Å². The van der Waals surface area contributed by atoms with Crippen molar-refractivity contribution in [3.8, 4) is 5.75 Å². The number of benzene rings is 1. The fourth-order valence-corrected chi connectivity index (χ4v) is 7.29. The van der Waals surface area contributed by atoms with E-state index in [-0.39, 0.29) is 35.7 Å². The summed E-state index contributed by atoms with van der Waals surface area (Å²) < 4.78 is 12.7. The Hall–Kier alpha value is -1.70. The Morgan fingerprint density at radius 3 is 2.88 bits per heavy atom. The minimum Gasteiger partial charge on any atom is -0.493 e. The van der Waals surface area contributed by atoms with E-state index in [1.54, 1.807) is 5.41 Å². The monoisotopic (exact) mass is 459 g/mol. The lowest BCUT2D eigenvalue weighted by atomic mass is 9.83. The van der Waals surface area contributed by atoms with Gasteiger partial charge in [0.15, 0.2) is 0 Å². The molecule has 1 aromatic rings. The van der Waals surface area contributed by atoms with Crippen molar-refractivity contribution in [2.75, 3.05) is 6.61 Å². The molecule has 174 valence electrons. The molecule has 0 amide bonds. The minimum absolute atomic E-state index is 0.0238. The number of hydrogen-bond donors (Lipinski definition) is 3. The fraction of sp³-hybridized carbons (Fsp3) is 0.640. The van der Waals surface area contributed by atoms with Crippen LogP contribution in [0.4, 0.5) is 0 Å². The summed E-state index contributed by atoms with van der Waals surface area (Å²) in [6.45, 7) is 4.71. The first-order valence-corrected chi connectivity index (χ1v) is 12.7. The van der Waals surface area contributed by atoms with Gasteiger partial charge in [-0.2, -0.15) is 0 Å². The highest BCUT2D eigenvalue weighted by molar-refractivity contribution is 8.03. The predicted molar refractivity (Wildman–Crippen MR) is 123 cm³/mol. The molecule has 2 heterocycles. The number of aliphatic hydroxyl groups is 1. The molecular weight excluding hydrogens is 426 g/mol. The van der Waals surface area contributed by atoms with Crippen LogP contribution in [0.25, 0.3) is 0 Å². The van der Waals surface area contributed by atoms with E-state index >= 15 is 0 Å². The molecule has 1 aromatic carbocycles. The maximum absolute atomic E-state index is 11.5. The summed E-state index contributed by atoms with van der Waals surface area (Å²) in [7, 11) is 0. The van der Waals surface area contributed by atoms with E-state index in [1.165, 1.54) is 29.3 Å². The average molecular weight is 460 g/mol. The van der Waals surface area contributed by atoms with E-state index in [0.717, 1.165) is 31.4 Å².